The molecule has 0 saturated carbocycles. The third-order valence-electron chi connectivity index (χ3n) is 1.73. The Kier molecular flexibility index (Phi) is 8.81. The average molecular weight is 174 g/mol. The second-order valence-electron chi connectivity index (χ2n) is 2.95. The third kappa shape index (κ3) is 7.94. The molecule has 0 aromatic carbocycles. The summed E-state index contributed by atoms with van der Waals surface area (Å²) >= 11 is 0. The van der Waals surface area contributed by atoms with Crippen molar-refractivity contribution in [1.82, 2.24) is 15.5 Å². The smallest absolute Gasteiger partial charge is 0.0104 e. The first kappa shape index (κ1) is 11.8. The molecule has 0 bridgehead atoms. The van der Waals surface area contributed by atoms with E-state index in [1.54, 1.807) is 0 Å². The summed E-state index contributed by atoms with van der Waals surface area (Å²) in [5, 5.41) is 6.37. The Labute approximate surface area is 75.5 Å². The van der Waals surface area contributed by atoms with Gasteiger partial charge in [-0.2, -0.15) is 0 Å². The van der Waals surface area contributed by atoms with Crippen LogP contribution in [0.1, 0.15) is 0 Å². The molecule has 0 heterocycles. The van der Waals surface area contributed by atoms with Crippen molar-refractivity contribution in [1.29, 1.82) is 0 Å². The summed E-state index contributed by atoms with van der Waals surface area (Å²) in [6, 6.07) is 0. The van der Waals surface area contributed by atoms with Gasteiger partial charge in [-0.3, -0.25) is 0 Å². The van der Waals surface area contributed by atoms with Gasteiger partial charge in [-0.25, -0.2) is 0 Å². The molecule has 0 saturated heterocycles. The highest BCUT2D eigenvalue weighted by Crippen LogP contribution is 1.77. The van der Waals surface area contributed by atoms with E-state index in [4.69, 9.17) is 5.73 Å². The predicted molar refractivity (Wildman–Crippen MR) is 53.3 cm³/mol. The normalized spacial score (nSPS) is 11.0. The van der Waals surface area contributed by atoms with E-state index in [9.17, 15) is 0 Å². The first-order valence-electron chi connectivity index (χ1n) is 4.55. The van der Waals surface area contributed by atoms with Crippen molar-refractivity contribution in [2.75, 3.05) is 53.4 Å². The van der Waals surface area contributed by atoms with Gasteiger partial charge in [-0.15, -0.1) is 0 Å². The second-order valence-corrected chi connectivity index (χ2v) is 2.95. The number of hydrogen-bond donors (Lipinski definition) is 3. The van der Waals surface area contributed by atoms with E-state index < -0.39 is 0 Å². The van der Waals surface area contributed by atoms with E-state index in [0.29, 0.717) is 0 Å². The molecule has 0 aromatic rings. The Morgan fingerprint density at radius 2 is 1.83 bits per heavy atom. The van der Waals surface area contributed by atoms with Crippen LogP contribution in [0.3, 0.4) is 0 Å². The molecule has 0 aliphatic heterocycles. The lowest BCUT2D eigenvalue weighted by molar-refractivity contribution is 0.333. The van der Waals surface area contributed by atoms with E-state index in [-0.39, 0.29) is 0 Å². The molecule has 4 heteroatoms. The minimum atomic E-state index is 0.722. The Morgan fingerprint density at radius 1 is 1.17 bits per heavy atom. The molecule has 0 radical (unpaired) electrons. The Hall–Kier alpha value is -0.160. The monoisotopic (exact) mass is 174 g/mol. The van der Waals surface area contributed by atoms with Gasteiger partial charge in [0, 0.05) is 39.3 Å². The number of nitrogens with one attached hydrogen (secondary N) is 2. The highest BCUT2D eigenvalue weighted by Gasteiger charge is 1.94. The summed E-state index contributed by atoms with van der Waals surface area (Å²) < 4.78 is 0. The summed E-state index contributed by atoms with van der Waals surface area (Å²) in [7, 11) is 4.10. The Balaban J connectivity index is 3.02. The number of likely N-dealkylation sites (N-methyl/N-ethyl adjacent to an activating group) is 2. The second kappa shape index (κ2) is 8.93. The van der Waals surface area contributed by atoms with E-state index >= 15 is 0 Å². The predicted octanol–water partition coefficient (Wildman–Crippen LogP) is -1.31. The van der Waals surface area contributed by atoms with Gasteiger partial charge < -0.3 is 21.3 Å². The fourth-order valence-electron chi connectivity index (χ4n) is 0.911. The topological polar surface area (TPSA) is 53.3 Å². The standard InChI is InChI=1S/C8H22N4/c1-10-5-7-12(2)8-6-11-4-3-9/h10-11H,3-9H2,1-2H3. The molecule has 0 spiro atoms. The van der Waals surface area contributed by atoms with E-state index in [1.807, 2.05) is 7.05 Å². The minimum absolute atomic E-state index is 0.722. The van der Waals surface area contributed by atoms with Crippen LogP contribution in [0, 0.1) is 0 Å². The van der Waals surface area contributed by atoms with Crippen molar-refractivity contribution >= 4 is 0 Å². The van der Waals surface area contributed by atoms with Crippen LogP contribution >= 0.6 is 0 Å². The van der Waals surface area contributed by atoms with Crippen molar-refractivity contribution < 1.29 is 0 Å². The van der Waals surface area contributed by atoms with Crippen LogP contribution < -0.4 is 16.4 Å². The molecule has 0 fully saturated rings. The molecule has 74 valence electrons. The average Bonchev–Trinajstić information content (AvgIpc) is 2.09. The zero-order valence-corrected chi connectivity index (χ0v) is 8.27. The van der Waals surface area contributed by atoms with Crippen LogP contribution in [0.4, 0.5) is 0 Å². The summed E-state index contributed by atoms with van der Waals surface area (Å²) in [6.07, 6.45) is 0. The van der Waals surface area contributed by atoms with Crippen molar-refractivity contribution in [3.63, 3.8) is 0 Å². The Morgan fingerprint density at radius 3 is 2.42 bits per heavy atom. The molecule has 0 aliphatic carbocycles. The van der Waals surface area contributed by atoms with Crippen LogP contribution in [0.2, 0.25) is 0 Å². The number of rotatable bonds is 8. The first-order chi connectivity index (χ1) is 5.81. The highest BCUT2D eigenvalue weighted by atomic mass is 15.1. The maximum atomic E-state index is 5.34. The molecule has 0 rings (SSSR count). The maximum Gasteiger partial charge on any atom is 0.0104 e. The largest absolute Gasteiger partial charge is 0.329 e. The molecular formula is C8H22N4. The molecule has 0 amide bonds. The molecule has 0 atom stereocenters. The zero-order chi connectivity index (χ0) is 9.23. The van der Waals surface area contributed by atoms with Crippen molar-refractivity contribution in [3.8, 4) is 0 Å². The fourth-order valence-corrected chi connectivity index (χ4v) is 0.911. The molecule has 0 aromatic heterocycles. The van der Waals surface area contributed by atoms with Gasteiger partial charge in [0.1, 0.15) is 0 Å². The molecule has 0 aliphatic rings. The van der Waals surface area contributed by atoms with Gasteiger partial charge in [-0.05, 0) is 14.1 Å². The molecule has 12 heavy (non-hydrogen) atoms. The Bertz CT molecular complexity index is 87.1. The molecular weight excluding hydrogens is 152 g/mol. The van der Waals surface area contributed by atoms with Crippen LogP contribution in [0.5, 0.6) is 0 Å². The summed E-state index contributed by atoms with van der Waals surface area (Å²) in [6.45, 7) is 5.90. The van der Waals surface area contributed by atoms with Gasteiger partial charge in [0.05, 0.1) is 0 Å². The highest BCUT2D eigenvalue weighted by molar-refractivity contribution is 4.55. The van der Waals surface area contributed by atoms with Gasteiger partial charge in [0.15, 0.2) is 0 Å². The van der Waals surface area contributed by atoms with E-state index in [2.05, 4.69) is 22.6 Å². The number of nitrogens with zero attached hydrogens (tertiary/aromatic N) is 1. The molecule has 0 unspecified atom stereocenters. The van der Waals surface area contributed by atoms with Crippen molar-refractivity contribution in [2.24, 2.45) is 5.73 Å². The molecule has 4 nitrogen and oxygen atoms in total. The lowest BCUT2D eigenvalue weighted by Crippen LogP contribution is -2.34. The van der Waals surface area contributed by atoms with Gasteiger partial charge in [-0.1, -0.05) is 0 Å². The quantitative estimate of drug-likeness (QED) is 0.400. The van der Waals surface area contributed by atoms with E-state index in [1.165, 1.54) is 0 Å². The summed E-state index contributed by atoms with van der Waals surface area (Å²) in [5.41, 5.74) is 5.34. The minimum Gasteiger partial charge on any atom is -0.329 e. The summed E-state index contributed by atoms with van der Waals surface area (Å²) in [4.78, 5) is 2.29. The fraction of sp³-hybridized carbons (Fsp3) is 1.00. The van der Waals surface area contributed by atoms with Gasteiger partial charge >= 0.3 is 0 Å². The lowest BCUT2D eigenvalue weighted by atomic mass is 10.5. The third-order valence-corrected chi connectivity index (χ3v) is 1.73. The van der Waals surface area contributed by atoms with Crippen LogP contribution in [-0.2, 0) is 0 Å². The summed E-state index contributed by atoms with van der Waals surface area (Å²) in [5.74, 6) is 0. The zero-order valence-electron chi connectivity index (χ0n) is 8.27. The van der Waals surface area contributed by atoms with Crippen LogP contribution in [0.25, 0.3) is 0 Å². The van der Waals surface area contributed by atoms with Gasteiger partial charge in [0.2, 0.25) is 0 Å². The SMILES string of the molecule is CNCCN(C)CCNCCN. The van der Waals surface area contributed by atoms with E-state index in [0.717, 1.165) is 39.3 Å². The van der Waals surface area contributed by atoms with Crippen molar-refractivity contribution in [2.45, 2.75) is 0 Å². The molecule has 4 N–H and O–H groups in total. The maximum absolute atomic E-state index is 5.34. The van der Waals surface area contributed by atoms with Gasteiger partial charge in [0.25, 0.3) is 0 Å². The number of nitrogens with two attached hydrogens (primary N) is 1. The first-order valence-corrected chi connectivity index (χ1v) is 4.55. The number of hydrogen-bond acceptors (Lipinski definition) is 4. The van der Waals surface area contributed by atoms with Crippen LogP contribution in [0.15, 0.2) is 0 Å². The lowest BCUT2D eigenvalue weighted by Gasteiger charge is -2.16. The van der Waals surface area contributed by atoms with Crippen molar-refractivity contribution in [3.05, 3.63) is 0 Å². The van der Waals surface area contributed by atoms with Crippen LogP contribution in [-0.4, -0.2) is 58.3 Å².